The number of aliphatic carboxylic acids is 1. The Morgan fingerprint density at radius 1 is 1.35 bits per heavy atom. The second kappa shape index (κ2) is 6.76. The van der Waals surface area contributed by atoms with Crippen LogP contribution in [-0.4, -0.2) is 25.5 Å². The Kier molecular flexibility index (Phi) is 5.82. The van der Waals surface area contributed by atoms with Gasteiger partial charge in [0, 0.05) is 0 Å². The first-order valence-corrected chi connectivity index (χ1v) is 8.08. The first kappa shape index (κ1) is 17.2. The quantitative estimate of drug-likeness (QED) is 0.834. The maximum absolute atomic E-state index is 12.2. The van der Waals surface area contributed by atoms with Gasteiger partial charge in [-0.3, -0.25) is 4.79 Å². The van der Waals surface area contributed by atoms with E-state index >= 15 is 0 Å². The summed E-state index contributed by atoms with van der Waals surface area (Å²) in [6.45, 7) is 3.60. The lowest BCUT2D eigenvalue weighted by Crippen LogP contribution is -2.41. The molecule has 1 aromatic carbocycles. The fourth-order valence-electron chi connectivity index (χ4n) is 1.61. The Bertz CT molecular complexity index is 601. The van der Waals surface area contributed by atoms with E-state index in [1.54, 1.807) is 13.8 Å². The number of carboxylic acid groups (broad SMARTS) is 1. The number of hydrogen-bond donors (Lipinski definition) is 2. The van der Waals surface area contributed by atoms with Gasteiger partial charge < -0.3 is 5.11 Å². The molecule has 0 radical (unpaired) electrons. The van der Waals surface area contributed by atoms with Gasteiger partial charge in [0.15, 0.2) is 0 Å². The molecule has 8 heteroatoms. The number of carbonyl (C=O) groups is 1. The van der Waals surface area contributed by atoms with Crippen molar-refractivity contribution in [2.45, 2.75) is 31.2 Å². The summed E-state index contributed by atoms with van der Waals surface area (Å²) in [4.78, 5) is 10.9. The van der Waals surface area contributed by atoms with Gasteiger partial charge >= 0.3 is 5.97 Å². The van der Waals surface area contributed by atoms with Crippen molar-refractivity contribution in [1.29, 1.82) is 0 Å². The van der Waals surface area contributed by atoms with E-state index in [9.17, 15) is 13.2 Å². The van der Waals surface area contributed by atoms with Crippen LogP contribution < -0.4 is 4.72 Å². The number of benzene rings is 1. The van der Waals surface area contributed by atoms with Crippen LogP contribution in [0.3, 0.4) is 0 Å². The van der Waals surface area contributed by atoms with E-state index in [-0.39, 0.29) is 27.3 Å². The van der Waals surface area contributed by atoms with Crippen molar-refractivity contribution in [2.75, 3.05) is 0 Å². The summed E-state index contributed by atoms with van der Waals surface area (Å²) in [5.74, 6) is -1.21. The molecular formula is C12H15Cl2NO4S. The molecule has 0 aliphatic carbocycles. The number of sulfonamides is 1. The van der Waals surface area contributed by atoms with Gasteiger partial charge in [0.2, 0.25) is 10.0 Å². The van der Waals surface area contributed by atoms with E-state index in [1.807, 2.05) is 0 Å². The van der Waals surface area contributed by atoms with Gasteiger partial charge in [0.05, 0.1) is 10.0 Å². The number of hydrogen-bond acceptors (Lipinski definition) is 3. The van der Waals surface area contributed by atoms with Crippen molar-refractivity contribution >= 4 is 39.2 Å². The number of nitrogens with one attached hydrogen (secondary N) is 1. The number of rotatable bonds is 6. The Hall–Kier alpha value is -0.820. The molecule has 0 saturated heterocycles. The van der Waals surface area contributed by atoms with Crippen LogP contribution >= 0.6 is 23.2 Å². The van der Waals surface area contributed by atoms with Gasteiger partial charge in [-0.15, -0.1) is 0 Å². The molecule has 112 valence electrons. The molecule has 0 spiro atoms. The van der Waals surface area contributed by atoms with Crippen molar-refractivity contribution in [2.24, 2.45) is 5.92 Å². The minimum absolute atomic E-state index is 0.0219. The highest BCUT2D eigenvalue weighted by Gasteiger charge is 2.28. The summed E-state index contributed by atoms with van der Waals surface area (Å²) in [7, 11) is -4.05. The Balaban J connectivity index is 3.10. The summed E-state index contributed by atoms with van der Waals surface area (Å²) in [5, 5.41) is 9.03. The van der Waals surface area contributed by atoms with Crippen LogP contribution in [0.5, 0.6) is 0 Å². The van der Waals surface area contributed by atoms with Crippen LogP contribution in [-0.2, 0) is 14.8 Å². The molecule has 0 saturated carbocycles. The molecule has 0 bridgehead atoms. The van der Waals surface area contributed by atoms with E-state index in [1.165, 1.54) is 18.2 Å². The monoisotopic (exact) mass is 339 g/mol. The molecule has 0 aromatic heterocycles. The lowest BCUT2D eigenvalue weighted by Gasteiger charge is -2.17. The molecular weight excluding hydrogens is 325 g/mol. The van der Waals surface area contributed by atoms with Gasteiger partial charge in [-0.2, -0.15) is 4.72 Å². The van der Waals surface area contributed by atoms with Gasteiger partial charge in [-0.25, -0.2) is 8.42 Å². The molecule has 20 heavy (non-hydrogen) atoms. The van der Waals surface area contributed by atoms with Crippen LogP contribution in [0, 0.1) is 5.92 Å². The molecule has 0 aliphatic heterocycles. The lowest BCUT2D eigenvalue weighted by atomic mass is 10.1. The summed E-state index contributed by atoms with van der Waals surface area (Å²) in [6.07, 6.45) is 0.173. The fraction of sp³-hybridized carbons (Fsp3) is 0.417. The molecule has 0 aliphatic rings. The Morgan fingerprint density at radius 2 is 1.95 bits per heavy atom. The number of carboxylic acids is 1. The van der Waals surface area contributed by atoms with Crippen molar-refractivity contribution in [3.05, 3.63) is 28.2 Å². The smallest absolute Gasteiger partial charge is 0.321 e. The molecule has 0 heterocycles. The highest BCUT2D eigenvalue weighted by Crippen LogP contribution is 2.29. The largest absolute Gasteiger partial charge is 0.480 e. The van der Waals surface area contributed by atoms with E-state index < -0.39 is 22.0 Å². The summed E-state index contributed by atoms with van der Waals surface area (Å²) < 4.78 is 26.5. The van der Waals surface area contributed by atoms with Crippen molar-refractivity contribution < 1.29 is 18.3 Å². The minimum atomic E-state index is -4.05. The standard InChI is InChI=1S/C12H15Cl2NO4S/c1-7(2)6-9(12(16)17)15-20(18,19)10-5-3-4-8(13)11(10)14/h3-5,7,9,15H,6H2,1-2H3,(H,16,17). The fourth-order valence-corrected chi connectivity index (χ4v) is 3.58. The van der Waals surface area contributed by atoms with Crippen LogP contribution in [0.25, 0.3) is 0 Å². The molecule has 2 N–H and O–H groups in total. The molecule has 1 aromatic rings. The minimum Gasteiger partial charge on any atom is -0.480 e. The first-order valence-electron chi connectivity index (χ1n) is 5.84. The zero-order valence-corrected chi connectivity index (χ0v) is 13.3. The molecule has 1 atom stereocenters. The van der Waals surface area contributed by atoms with Crippen molar-refractivity contribution in [1.82, 2.24) is 4.72 Å². The highest BCUT2D eigenvalue weighted by molar-refractivity contribution is 7.89. The van der Waals surface area contributed by atoms with Crippen LogP contribution in [0.4, 0.5) is 0 Å². The first-order chi connectivity index (χ1) is 9.15. The Morgan fingerprint density at radius 3 is 2.45 bits per heavy atom. The lowest BCUT2D eigenvalue weighted by molar-refractivity contribution is -0.139. The topological polar surface area (TPSA) is 83.5 Å². The second-order valence-corrected chi connectivity index (χ2v) is 7.16. The van der Waals surface area contributed by atoms with Gasteiger partial charge in [0.25, 0.3) is 0 Å². The normalized spacial score (nSPS) is 13.4. The van der Waals surface area contributed by atoms with Crippen LogP contribution in [0.1, 0.15) is 20.3 Å². The zero-order valence-electron chi connectivity index (χ0n) is 10.9. The molecule has 5 nitrogen and oxygen atoms in total. The summed E-state index contributed by atoms with van der Waals surface area (Å²) in [6, 6.07) is 2.94. The summed E-state index contributed by atoms with van der Waals surface area (Å²) in [5.41, 5.74) is 0. The van der Waals surface area contributed by atoms with Gasteiger partial charge in [-0.05, 0) is 24.5 Å². The van der Waals surface area contributed by atoms with Crippen LogP contribution in [0.15, 0.2) is 23.1 Å². The third-order valence-corrected chi connectivity index (χ3v) is 4.95. The molecule has 0 amide bonds. The number of halogens is 2. The van der Waals surface area contributed by atoms with Crippen molar-refractivity contribution in [3.8, 4) is 0 Å². The average molecular weight is 340 g/mol. The third kappa shape index (κ3) is 4.34. The van der Waals surface area contributed by atoms with Gasteiger partial charge in [-0.1, -0.05) is 43.1 Å². The van der Waals surface area contributed by atoms with Gasteiger partial charge in [0.1, 0.15) is 10.9 Å². The van der Waals surface area contributed by atoms with E-state index in [0.717, 1.165) is 0 Å². The third-order valence-electron chi connectivity index (χ3n) is 2.51. The van der Waals surface area contributed by atoms with E-state index in [4.69, 9.17) is 28.3 Å². The van der Waals surface area contributed by atoms with Crippen molar-refractivity contribution in [3.63, 3.8) is 0 Å². The average Bonchev–Trinajstić information content (AvgIpc) is 2.30. The van der Waals surface area contributed by atoms with Crippen LogP contribution in [0.2, 0.25) is 10.0 Å². The second-order valence-electron chi connectivity index (χ2n) is 4.69. The SMILES string of the molecule is CC(C)CC(NS(=O)(=O)c1cccc(Cl)c1Cl)C(=O)O. The predicted molar refractivity (Wildman–Crippen MR) is 77.7 cm³/mol. The van der Waals surface area contributed by atoms with E-state index in [0.29, 0.717) is 0 Å². The highest BCUT2D eigenvalue weighted by atomic mass is 35.5. The maximum atomic E-state index is 12.2. The Labute approximate surface area is 127 Å². The molecule has 1 unspecified atom stereocenters. The predicted octanol–water partition coefficient (Wildman–Crippen LogP) is 2.77. The zero-order chi connectivity index (χ0) is 15.5. The summed E-state index contributed by atoms with van der Waals surface area (Å²) >= 11 is 11.6. The molecule has 1 rings (SSSR count). The van der Waals surface area contributed by atoms with E-state index in [2.05, 4.69) is 4.72 Å². The molecule has 0 fully saturated rings. The maximum Gasteiger partial charge on any atom is 0.321 e.